The number of thiocarbonyl (C=S) groups is 1. The minimum Gasteiger partial charge on any atom is -0.478 e. The van der Waals surface area contributed by atoms with Crippen LogP contribution in [0.1, 0.15) is 15.9 Å². The summed E-state index contributed by atoms with van der Waals surface area (Å²) in [7, 11) is 0. The molecule has 0 unspecified atom stereocenters. The molecular formula is C19H17ClN4O2S. The maximum absolute atomic E-state index is 11.0. The summed E-state index contributed by atoms with van der Waals surface area (Å²) in [6, 6.07) is 14.4. The van der Waals surface area contributed by atoms with Crippen LogP contribution in [-0.2, 0) is 0 Å². The number of nitrogens with zero attached hydrogens (tertiary/aromatic N) is 3. The van der Waals surface area contributed by atoms with E-state index >= 15 is 0 Å². The Morgan fingerprint density at radius 1 is 1.19 bits per heavy atom. The first-order chi connectivity index (χ1) is 13.0. The highest BCUT2D eigenvalue weighted by molar-refractivity contribution is 7.80. The molecule has 0 amide bonds. The number of benzene rings is 2. The van der Waals surface area contributed by atoms with Crippen molar-refractivity contribution in [3.8, 4) is 6.07 Å². The van der Waals surface area contributed by atoms with Crippen molar-refractivity contribution in [1.82, 2.24) is 4.90 Å². The Morgan fingerprint density at radius 2 is 1.93 bits per heavy atom. The fourth-order valence-electron chi connectivity index (χ4n) is 2.91. The van der Waals surface area contributed by atoms with Gasteiger partial charge >= 0.3 is 5.97 Å². The Bertz CT molecular complexity index is 920. The molecule has 0 aromatic heterocycles. The van der Waals surface area contributed by atoms with Gasteiger partial charge in [0.2, 0.25) is 0 Å². The third-order valence-corrected chi connectivity index (χ3v) is 5.03. The fourth-order valence-corrected chi connectivity index (χ4v) is 3.47. The molecule has 2 N–H and O–H groups in total. The van der Waals surface area contributed by atoms with Crippen molar-refractivity contribution < 1.29 is 9.90 Å². The molecule has 0 radical (unpaired) electrons. The normalized spacial score (nSPS) is 13.8. The molecule has 2 aromatic carbocycles. The van der Waals surface area contributed by atoms with Crippen LogP contribution in [0.5, 0.6) is 0 Å². The van der Waals surface area contributed by atoms with Crippen LogP contribution >= 0.6 is 23.8 Å². The van der Waals surface area contributed by atoms with E-state index in [4.69, 9.17) is 34.2 Å². The van der Waals surface area contributed by atoms with Crippen LogP contribution in [0.4, 0.5) is 11.4 Å². The van der Waals surface area contributed by atoms with Crippen LogP contribution in [-0.4, -0.2) is 47.3 Å². The summed E-state index contributed by atoms with van der Waals surface area (Å²) in [6.07, 6.45) is 0. The Labute approximate surface area is 167 Å². The zero-order valence-corrected chi connectivity index (χ0v) is 15.9. The lowest BCUT2D eigenvalue weighted by atomic mass is 10.2. The Hall–Kier alpha value is -2.82. The second kappa shape index (κ2) is 8.25. The van der Waals surface area contributed by atoms with Crippen molar-refractivity contribution in [3.05, 3.63) is 58.6 Å². The Morgan fingerprint density at radius 3 is 2.56 bits per heavy atom. The van der Waals surface area contributed by atoms with Crippen molar-refractivity contribution in [2.45, 2.75) is 0 Å². The van der Waals surface area contributed by atoms with Crippen LogP contribution in [0.2, 0.25) is 5.02 Å². The van der Waals surface area contributed by atoms with Crippen LogP contribution < -0.4 is 10.2 Å². The van der Waals surface area contributed by atoms with Crippen LogP contribution in [0.25, 0.3) is 0 Å². The average molecular weight is 401 g/mol. The van der Waals surface area contributed by atoms with Gasteiger partial charge in [0.1, 0.15) is 0 Å². The van der Waals surface area contributed by atoms with E-state index in [9.17, 15) is 4.79 Å². The first-order valence-corrected chi connectivity index (χ1v) is 9.10. The highest BCUT2D eigenvalue weighted by atomic mass is 35.5. The number of hydrogen-bond donors (Lipinski definition) is 2. The second-order valence-corrected chi connectivity index (χ2v) is 6.86. The van der Waals surface area contributed by atoms with Crippen LogP contribution in [0.15, 0.2) is 42.5 Å². The lowest BCUT2D eigenvalue weighted by Gasteiger charge is -2.37. The SMILES string of the molecule is N#Cc1cccc(N2CCN(C(=S)Nc3ccc(C(=O)O)c(Cl)c3)CC2)c1. The van der Waals surface area contributed by atoms with E-state index in [2.05, 4.69) is 21.2 Å². The molecule has 2 aromatic rings. The van der Waals surface area contributed by atoms with Gasteiger partial charge in [-0.25, -0.2) is 4.79 Å². The number of halogens is 1. The number of carboxylic acids is 1. The molecule has 1 aliphatic heterocycles. The van der Waals surface area contributed by atoms with E-state index in [1.807, 2.05) is 18.2 Å². The highest BCUT2D eigenvalue weighted by Crippen LogP contribution is 2.22. The maximum atomic E-state index is 11.0. The molecule has 1 aliphatic rings. The smallest absolute Gasteiger partial charge is 0.337 e. The molecule has 3 rings (SSSR count). The van der Waals surface area contributed by atoms with Gasteiger partial charge in [-0.15, -0.1) is 0 Å². The van der Waals surface area contributed by atoms with Gasteiger partial charge in [0, 0.05) is 37.6 Å². The van der Waals surface area contributed by atoms with Gasteiger partial charge in [0.05, 0.1) is 22.2 Å². The molecule has 138 valence electrons. The molecule has 6 nitrogen and oxygen atoms in total. The molecule has 0 spiro atoms. The van der Waals surface area contributed by atoms with E-state index in [1.54, 1.807) is 18.2 Å². The van der Waals surface area contributed by atoms with Gasteiger partial charge in [-0.3, -0.25) is 0 Å². The lowest BCUT2D eigenvalue weighted by molar-refractivity contribution is 0.0697. The number of nitrogens with one attached hydrogen (secondary N) is 1. The molecule has 1 fully saturated rings. The summed E-state index contributed by atoms with van der Waals surface area (Å²) >= 11 is 11.5. The van der Waals surface area contributed by atoms with E-state index < -0.39 is 5.97 Å². The Kier molecular flexibility index (Phi) is 5.79. The summed E-state index contributed by atoms with van der Waals surface area (Å²) in [5.74, 6) is -1.06. The summed E-state index contributed by atoms with van der Waals surface area (Å²) in [5, 5.41) is 21.9. The van der Waals surface area contributed by atoms with E-state index in [0.717, 1.165) is 31.9 Å². The lowest BCUT2D eigenvalue weighted by Crippen LogP contribution is -2.50. The molecule has 1 heterocycles. The molecule has 27 heavy (non-hydrogen) atoms. The standard InChI is InChI=1S/C19H17ClN4O2S/c20-17-11-14(4-5-16(17)18(25)26)22-19(27)24-8-6-23(7-9-24)15-3-1-2-13(10-15)12-21/h1-5,10-11H,6-9H2,(H,22,27)(H,25,26). The van der Waals surface area contributed by atoms with Gasteiger partial charge in [-0.2, -0.15) is 5.26 Å². The molecule has 1 saturated heterocycles. The van der Waals surface area contributed by atoms with Crippen LogP contribution in [0.3, 0.4) is 0 Å². The third kappa shape index (κ3) is 4.48. The minimum absolute atomic E-state index is 0.0568. The number of anilines is 2. The summed E-state index contributed by atoms with van der Waals surface area (Å²) in [4.78, 5) is 15.3. The largest absolute Gasteiger partial charge is 0.478 e. The first kappa shape index (κ1) is 19.0. The topological polar surface area (TPSA) is 79.6 Å². The molecule has 0 aliphatic carbocycles. The highest BCUT2D eigenvalue weighted by Gasteiger charge is 2.20. The summed E-state index contributed by atoms with van der Waals surface area (Å²) in [6.45, 7) is 3.05. The molecule has 8 heteroatoms. The predicted molar refractivity (Wildman–Crippen MR) is 110 cm³/mol. The van der Waals surface area contributed by atoms with Crippen molar-refractivity contribution in [1.29, 1.82) is 5.26 Å². The minimum atomic E-state index is -1.06. The maximum Gasteiger partial charge on any atom is 0.337 e. The monoisotopic (exact) mass is 400 g/mol. The summed E-state index contributed by atoms with van der Waals surface area (Å²) < 4.78 is 0. The number of hydrogen-bond acceptors (Lipinski definition) is 4. The first-order valence-electron chi connectivity index (χ1n) is 8.32. The molecule has 0 atom stereocenters. The predicted octanol–water partition coefficient (Wildman–Crippen LogP) is 3.43. The van der Waals surface area contributed by atoms with E-state index in [0.29, 0.717) is 16.4 Å². The van der Waals surface area contributed by atoms with E-state index in [-0.39, 0.29) is 10.6 Å². The zero-order chi connectivity index (χ0) is 19.4. The summed E-state index contributed by atoms with van der Waals surface area (Å²) in [5.41, 5.74) is 2.39. The number of rotatable bonds is 3. The Balaban J connectivity index is 1.59. The molecule has 0 bridgehead atoms. The number of nitriles is 1. The van der Waals surface area contributed by atoms with Crippen molar-refractivity contribution in [3.63, 3.8) is 0 Å². The molecule has 0 saturated carbocycles. The number of aromatic carboxylic acids is 1. The van der Waals surface area contributed by atoms with E-state index in [1.165, 1.54) is 6.07 Å². The van der Waals surface area contributed by atoms with Gasteiger partial charge in [-0.05, 0) is 48.6 Å². The zero-order valence-electron chi connectivity index (χ0n) is 14.4. The number of carbonyl (C=O) groups is 1. The van der Waals surface area contributed by atoms with Gasteiger partial charge in [0.15, 0.2) is 5.11 Å². The van der Waals surface area contributed by atoms with Crippen LogP contribution in [0, 0.1) is 11.3 Å². The fraction of sp³-hybridized carbons (Fsp3) is 0.211. The van der Waals surface area contributed by atoms with Gasteiger partial charge < -0.3 is 20.2 Å². The molecular weight excluding hydrogens is 384 g/mol. The third-order valence-electron chi connectivity index (χ3n) is 4.36. The van der Waals surface area contributed by atoms with Crippen molar-refractivity contribution in [2.24, 2.45) is 0 Å². The number of carboxylic acid groups (broad SMARTS) is 1. The average Bonchev–Trinajstić information content (AvgIpc) is 2.68. The van der Waals surface area contributed by atoms with Crippen molar-refractivity contribution >= 4 is 46.3 Å². The quantitative estimate of drug-likeness (QED) is 0.764. The second-order valence-electron chi connectivity index (χ2n) is 6.07. The van der Waals surface area contributed by atoms with Gasteiger partial charge in [-0.1, -0.05) is 17.7 Å². The van der Waals surface area contributed by atoms with Gasteiger partial charge in [0.25, 0.3) is 0 Å². The van der Waals surface area contributed by atoms with Crippen molar-refractivity contribution in [2.75, 3.05) is 36.4 Å². The number of piperazine rings is 1.